The number of benzene rings is 2. The fourth-order valence-corrected chi connectivity index (χ4v) is 4.43. The van der Waals surface area contributed by atoms with Gasteiger partial charge in [-0.1, -0.05) is 41.9 Å². The number of allylic oxidation sites excluding steroid dienone is 1. The molecular formula is C23H23ClN2O3S. The number of ether oxygens (including phenoxy) is 2. The predicted molar refractivity (Wildman–Crippen MR) is 121 cm³/mol. The summed E-state index contributed by atoms with van der Waals surface area (Å²) >= 11 is 11.9. The Balaban J connectivity index is 1.77. The number of carbonyl (C=O) groups excluding carboxylic acids is 1. The van der Waals surface area contributed by atoms with Gasteiger partial charge in [0.2, 0.25) is 0 Å². The SMILES string of the molecule is COc1cccc(C2NC(=S)N(C)C3=C2C(=O)CCC3)c1OCc1ccccc1Cl. The summed E-state index contributed by atoms with van der Waals surface area (Å²) in [7, 11) is 3.50. The molecule has 1 atom stereocenters. The summed E-state index contributed by atoms with van der Waals surface area (Å²) < 4.78 is 11.8. The summed E-state index contributed by atoms with van der Waals surface area (Å²) in [6, 6.07) is 12.9. The van der Waals surface area contributed by atoms with Crippen molar-refractivity contribution in [3.63, 3.8) is 0 Å². The van der Waals surface area contributed by atoms with E-state index in [9.17, 15) is 4.79 Å². The summed E-state index contributed by atoms with van der Waals surface area (Å²) in [4.78, 5) is 14.8. The van der Waals surface area contributed by atoms with Gasteiger partial charge in [0.15, 0.2) is 22.4 Å². The Hall–Kier alpha value is -2.57. The van der Waals surface area contributed by atoms with Crippen molar-refractivity contribution >= 4 is 34.7 Å². The summed E-state index contributed by atoms with van der Waals surface area (Å²) in [5, 5.41) is 4.56. The van der Waals surface area contributed by atoms with E-state index >= 15 is 0 Å². The molecule has 0 bridgehead atoms. The summed E-state index contributed by atoms with van der Waals surface area (Å²) in [5.74, 6) is 1.31. The second kappa shape index (κ2) is 8.66. The number of methoxy groups -OCH3 is 1. The van der Waals surface area contributed by atoms with Crippen LogP contribution >= 0.6 is 23.8 Å². The van der Waals surface area contributed by atoms with Crippen molar-refractivity contribution in [2.75, 3.05) is 14.2 Å². The minimum absolute atomic E-state index is 0.142. The molecule has 0 radical (unpaired) electrons. The van der Waals surface area contributed by atoms with Gasteiger partial charge in [0, 0.05) is 40.9 Å². The van der Waals surface area contributed by atoms with E-state index in [0.29, 0.717) is 28.1 Å². The molecule has 2 aromatic carbocycles. The maximum Gasteiger partial charge on any atom is 0.173 e. The largest absolute Gasteiger partial charge is 0.493 e. The van der Waals surface area contributed by atoms with Crippen LogP contribution in [0, 0.1) is 0 Å². The van der Waals surface area contributed by atoms with E-state index in [4.69, 9.17) is 33.3 Å². The van der Waals surface area contributed by atoms with Crippen LogP contribution in [0.2, 0.25) is 5.02 Å². The number of rotatable bonds is 5. The maximum absolute atomic E-state index is 12.9. The first kappa shape index (κ1) is 20.7. The lowest BCUT2D eigenvalue weighted by Gasteiger charge is -2.39. The number of Topliss-reactive ketones (excluding diaryl/α,β-unsaturated/α-hetero) is 1. The van der Waals surface area contributed by atoms with E-state index in [0.717, 1.165) is 35.2 Å². The topological polar surface area (TPSA) is 50.8 Å². The molecule has 0 spiro atoms. The minimum atomic E-state index is -0.382. The quantitative estimate of drug-likeness (QED) is 0.671. The number of carbonyl (C=O) groups is 1. The Morgan fingerprint density at radius 3 is 2.77 bits per heavy atom. The molecule has 0 amide bonds. The molecule has 1 aliphatic heterocycles. The molecule has 7 heteroatoms. The van der Waals surface area contributed by atoms with E-state index < -0.39 is 0 Å². The minimum Gasteiger partial charge on any atom is -0.493 e. The number of thiocarbonyl (C=S) groups is 1. The van der Waals surface area contributed by atoms with Crippen LogP contribution in [0.25, 0.3) is 0 Å². The van der Waals surface area contributed by atoms with Crippen molar-refractivity contribution in [1.29, 1.82) is 0 Å². The van der Waals surface area contributed by atoms with Gasteiger partial charge >= 0.3 is 0 Å². The molecule has 30 heavy (non-hydrogen) atoms. The molecule has 0 aromatic heterocycles. The number of nitrogens with zero attached hydrogens (tertiary/aromatic N) is 1. The van der Waals surface area contributed by atoms with E-state index in [-0.39, 0.29) is 18.4 Å². The molecule has 5 nitrogen and oxygen atoms in total. The molecule has 0 saturated carbocycles. The predicted octanol–water partition coefficient (Wildman–Crippen LogP) is 4.80. The molecule has 1 heterocycles. The molecule has 1 unspecified atom stereocenters. The number of ketones is 1. The van der Waals surface area contributed by atoms with Crippen LogP contribution in [0.4, 0.5) is 0 Å². The number of hydrogen-bond acceptors (Lipinski definition) is 4. The van der Waals surface area contributed by atoms with Crippen molar-refractivity contribution in [3.05, 3.63) is 69.9 Å². The lowest BCUT2D eigenvalue weighted by atomic mass is 9.84. The van der Waals surface area contributed by atoms with Gasteiger partial charge in [-0.2, -0.15) is 0 Å². The lowest BCUT2D eigenvalue weighted by Crippen LogP contribution is -2.47. The Kier molecular flexibility index (Phi) is 5.97. The number of nitrogens with one attached hydrogen (secondary N) is 1. The van der Waals surface area contributed by atoms with Crippen molar-refractivity contribution < 1.29 is 14.3 Å². The summed E-state index contributed by atoms with van der Waals surface area (Å²) in [5.41, 5.74) is 3.43. The third kappa shape index (κ3) is 3.77. The molecule has 4 rings (SSSR count). The van der Waals surface area contributed by atoms with Crippen LogP contribution in [-0.4, -0.2) is 30.0 Å². The van der Waals surface area contributed by atoms with Gasteiger partial charge in [-0.15, -0.1) is 0 Å². The monoisotopic (exact) mass is 442 g/mol. The molecular weight excluding hydrogens is 420 g/mol. The number of para-hydroxylation sites is 1. The second-order valence-corrected chi connectivity index (χ2v) is 8.13. The van der Waals surface area contributed by atoms with Gasteiger partial charge in [0.1, 0.15) is 6.61 Å². The Morgan fingerprint density at radius 2 is 2.00 bits per heavy atom. The van der Waals surface area contributed by atoms with Gasteiger partial charge < -0.3 is 19.7 Å². The third-order valence-corrected chi connectivity index (χ3v) is 6.33. The first-order valence-corrected chi connectivity index (χ1v) is 10.6. The molecule has 2 aliphatic rings. The second-order valence-electron chi connectivity index (χ2n) is 7.34. The zero-order chi connectivity index (χ0) is 21.3. The standard InChI is InChI=1S/C23H23ClN2O3S/c1-26-17-10-6-11-18(27)20(17)21(25-23(26)30)15-8-5-12-19(28-2)22(15)29-13-14-7-3-4-9-16(14)24/h3-5,7-9,12,21H,6,10-11,13H2,1-2H3,(H,25,30). The van der Waals surface area contributed by atoms with Gasteiger partial charge in [0.25, 0.3) is 0 Å². The molecule has 0 saturated heterocycles. The van der Waals surface area contributed by atoms with Crippen LogP contribution in [0.3, 0.4) is 0 Å². The zero-order valence-corrected chi connectivity index (χ0v) is 18.5. The van der Waals surface area contributed by atoms with Crippen LogP contribution in [0.1, 0.15) is 36.4 Å². The first-order valence-electron chi connectivity index (χ1n) is 9.84. The van der Waals surface area contributed by atoms with Crippen molar-refractivity contribution in [1.82, 2.24) is 10.2 Å². The summed E-state index contributed by atoms with van der Waals surface area (Å²) in [6.07, 6.45) is 2.21. The number of halogens is 1. The number of hydrogen-bond donors (Lipinski definition) is 1. The van der Waals surface area contributed by atoms with Crippen LogP contribution in [0.5, 0.6) is 11.5 Å². The first-order chi connectivity index (χ1) is 14.5. The van der Waals surface area contributed by atoms with Crippen LogP contribution in [-0.2, 0) is 11.4 Å². The highest BCUT2D eigenvalue weighted by atomic mass is 35.5. The van der Waals surface area contributed by atoms with Crippen molar-refractivity contribution in [2.24, 2.45) is 0 Å². The lowest BCUT2D eigenvalue weighted by molar-refractivity contribution is -0.116. The van der Waals surface area contributed by atoms with Gasteiger partial charge in [-0.25, -0.2) is 0 Å². The maximum atomic E-state index is 12.9. The van der Waals surface area contributed by atoms with E-state index in [1.807, 2.05) is 54.4 Å². The zero-order valence-electron chi connectivity index (χ0n) is 16.9. The van der Waals surface area contributed by atoms with E-state index in [1.165, 1.54) is 0 Å². The fourth-order valence-electron chi connectivity index (χ4n) is 4.01. The van der Waals surface area contributed by atoms with Gasteiger partial charge in [-0.3, -0.25) is 4.79 Å². The highest BCUT2D eigenvalue weighted by Gasteiger charge is 2.37. The molecule has 1 N–H and O–H groups in total. The molecule has 0 fully saturated rings. The Bertz CT molecular complexity index is 1040. The average molecular weight is 443 g/mol. The van der Waals surface area contributed by atoms with E-state index in [1.54, 1.807) is 7.11 Å². The van der Waals surface area contributed by atoms with Gasteiger partial charge in [0.05, 0.1) is 13.2 Å². The Labute approximate surface area is 186 Å². The molecule has 2 aromatic rings. The van der Waals surface area contributed by atoms with Crippen molar-refractivity contribution in [3.8, 4) is 11.5 Å². The normalized spacial score (nSPS) is 18.8. The third-order valence-electron chi connectivity index (χ3n) is 5.56. The smallest absolute Gasteiger partial charge is 0.173 e. The Morgan fingerprint density at radius 1 is 1.20 bits per heavy atom. The fraction of sp³-hybridized carbons (Fsp3) is 0.304. The highest BCUT2D eigenvalue weighted by Crippen LogP contribution is 2.43. The molecule has 1 aliphatic carbocycles. The highest BCUT2D eigenvalue weighted by molar-refractivity contribution is 7.80. The average Bonchev–Trinajstić information content (AvgIpc) is 2.75. The summed E-state index contributed by atoms with van der Waals surface area (Å²) in [6.45, 7) is 0.282. The molecule has 156 valence electrons. The van der Waals surface area contributed by atoms with Crippen LogP contribution < -0.4 is 14.8 Å². The van der Waals surface area contributed by atoms with Crippen molar-refractivity contribution in [2.45, 2.75) is 31.9 Å². The van der Waals surface area contributed by atoms with Gasteiger partial charge in [-0.05, 0) is 37.2 Å². The van der Waals surface area contributed by atoms with E-state index in [2.05, 4.69) is 5.32 Å². The van der Waals surface area contributed by atoms with Crippen LogP contribution in [0.15, 0.2) is 53.7 Å².